The van der Waals surface area contributed by atoms with E-state index in [4.69, 9.17) is 5.26 Å². The Morgan fingerprint density at radius 2 is 2.36 bits per heavy atom. The average Bonchev–Trinajstić information content (AvgIpc) is 2.71. The largest absolute Gasteiger partial charge is 0.254 e. The van der Waals surface area contributed by atoms with Crippen LogP contribution in [0.3, 0.4) is 0 Å². The number of rotatable bonds is 2. The number of nitrogens with one attached hydrogen (secondary N) is 1. The van der Waals surface area contributed by atoms with Crippen LogP contribution in [-0.2, 0) is 0 Å². The molecule has 0 atom stereocenters. The van der Waals surface area contributed by atoms with Gasteiger partial charge in [0.1, 0.15) is 23.1 Å². The van der Waals surface area contributed by atoms with Gasteiger partial charge in [0.25, 0.3) is 0 Å². The van der Waals surface area contributed by atoms with E-state index in [0.717, 1.165) is 5.03 Å². The number of aromatic nitrogens is 4. The molecule has 2 rings (SSSR count). The molecule has 0 fully saturated rings. The molecule has 0 spiro atoms. The van der Waals surface area contributed by atoms with Crippen molar-refractivity contribution in [1.82, 2.24) is 20.2 Å². The zero-order chi connectivity index (χ0) is 9.80. The minimum atomic E-state index is 0.398. The third-order valence-electron chi connectivity index (χ3n) is 1.43. The number of pyridine rings is 1. The standard InChI is InChI=1S/C8H5N5S/c9-4-6-2-1-3-7(12-6)14-8-10-5-11-13-8/h1-3,5H,(H,10,11,13). The molecule has 6 heteroatoms. The molecule has 0 aliphatic rings. The van der Waals surface area contributed by atoms with E-state index in [9.17, 15) is 0 Å². The van der Waals surface area contributed by atoms with Crippen molar-refractivity contribution in [3.63, 3.8) is 0 Å². The molecule has 0 bridgehead atoms. The Hall–Kier alpha value is -1.87. The Kier molecular flexibility index (Phi) is 2.42. The summed E-state index contributed by atoms with van der Waals surface area (Å²) in [5.74, 6) is 0. The molecular formula is C8H5N5S. The van der Waals surface area contributed by atoms with Crippen molar-refractivity contribution < 1.29 is 0 Å². The lowest BCUT2D eigenvalue weighted by atomic mass is 10.4. The van der Waals surface area contributed by atoms with E-state index in [1.807, 2.05) is 12.1 Å². The highest BCUT2D eigenvalue weighted by Gasteiger charge is 2.01. The highest BCUT2D eigenvalue weighted by atomic mass is 32.2. The molecular weight excluding hydrogens is 198 g/mol. The fraction of sp³-hybridized carbons (Fsp3) is 0. The Morgan fingerprint density at radius 3 is 3.07 bits per heavy atom. The Morgan fingerprint density at radius 1 is 1.43 bits per heavy atom. The average molecular weight is 203 g/mol. The first-order valence-corrected chi connectivity index (χ1v) is 4.60. The van der Waals surface area contributed by atoms with Gasteiger partial charge in [-0.1, -0.05) is 6.07 Å². The molecule has 0 aromatic carbocycles. The number of nitrogens with zero attached hydrogens (tertiary/aromatic N) is 4. The summed E-state index contributed by atoms with van der Waals surface area (Å²) in [4.78, 5) is 8.02. The summed E-state index contributed by atoms with van der Waals surface area (Å²) in [7, 11) is 0. The van der Waals surface area contributed by atoms with E-state index in [1.165, 1.54) is 18.1 Å². The predicted octanol–water partition coefficient (Wildman–Crippen LogP) is 1.22. The van der Waals surface area contributed by atoms with Crippen molar-refractivity contribution >= 4 is 11.8 Å². The first-order chi connectivity index (χ1) is 6.88. The zero-order valence-corrected chi connectivity index (χ0v) is 7.82. The summed E-state index contributed by atoms with van der Waals surface area (Å²) in [5.41, 5.74) is 0.398. The maximum Gasteiger partial charge on any atom is 0.189 e. The van der Waals surface area contributed by atoms with Gasteiger partial charge in [-0.15, -0.1) is 0 Å². The highest BCUT2D eigenvalue weighted by molar-refractivity contribution is 7.99. The van der Waals surface area contributed by atoms with Crippen molar-refractivity contribution in [2.24, 2.45) is 0 Å². The predicted molar refractivity (Wildman–Crippen MR) is 49.5 cm³/mol. The smallest absolute Gasteiger partial charge is 0.189 e. The van der Waals surface area contributed by atoms with Crippen LogP contribution in [-0.4, -0.2) is 20.2 Å². The van der Waals surface area contributed by atoms with Gasteiger partial charge in [-0.05, 0) is 23.9 Å². The fourth-order valence-electron chi connectivity index (χ4n) is 0.876. The van der Waals surface area contributed by atoms with Gasteiger partial charge in [0.05, 0.1) is 0 Å². The molecule has 0 saturated carbocycles. The lowest BCUT2D eigenvalue weighted by Gasteiger charge is -1.95. The lowest BCUT2D eigenvalue weighted by molar-refractivity contribution is 0.966. The van der Waals surface area contributed by atoms with Crippen molar-refractivity contribution in [3.8, 4) is 6.07 Å². The monoisotopic (exact) mass is 203 g/mol. The number of nitriles is 1. The van der Waals surface area contributed by atoms with Gasteiger partial charge in [-0.25, -0.2) is 9.97 Å². The summed E-state index contributed by atoms with van der Waals surface area (Å²) in [6.07, 6.45) is 1.43. The van der Waals surface area contributed by atoms with E-state index >= 15 is 0 Å². The SMILES string of the molecule is N#Cc1cccc(Sc2ncn[nH]2)n1. The van der Waals surface area contributed by atoms with Gasteiger partial charge in [-0.2, -0.15) is 10.4 Å². The van der Waals surface area contributed by atoms with Gasteiger partial charge >= 0.3 is 0 Å². The van der Waals surface area contributed by atoms with E-state index < -0.39 is 0 Å². The lowest BCUT2D eigenvalue weighted by Crippen LogP contribution is -1.85. The van der Waals surface area contributed by atoms with Crippen molar-refractivity contribution in [1.29, 1.82) is 5.26 Å². The summed E-state index contributed by atoms with van der Waals surface area (Å²) in [6.45, 7) is 0. The number of aromatic amines is 1. The van der Waals surface area contributed by atoms with Crippen molar-refractivity contribution in [3.05, 3.63) is 30.2 Å². The summed E-state index contributed by atoms with van der Waals surface area (Å²) < 4.78 is 0. The van der Waals surface area contributed by atoms with Gasteiger partial charge in [0.2, 0.25) is 0 Å². The molecule has 0 aliphatic heterocycles. The van der Waals surface area contributed by atoms with Crippen LogP contribution in [0, 0.1) is 11.3 Å². The quantitative estimate of drug-likeness (QED) is 0.794. The van der Waals surface area contributed by atoms with Gasteiger partial charge in [-0.3, -0.25) is 5.10 Å². The third kappa shape index (κ3) is 1.89. The van der Waals surface area contributed by atoms with Gasteiger partial charge < -0.3 is 0 Å². The first-order valence-electron chi connectivity index (χ1n) is 3.79. The Balaban J connectivity index is 2.22. The summed E-state index contributed by atoms with van der Waals surface area (Å²) in [6, 6.07) is 7.23. The van der Waals surface area contributed by atoms with E-state index in [0.29, 0.717) is 10.9 Å². The van der Waals surface area contributed by atoms with Crippen LogP contribution in [0.1, 0.15) is 5.69 Å². The number of H-pyrrole nitrogens is 1. The molecule has 1 N–H and O–H groups in total. The molecule has 5 nitrogen and oxygen atoms in total. The highest BCUT2D eigenvalue weighted by Crippen LogP contribution is 2.21. The molecule has 0 unspecified atom stereocenters. The maximum atomic E-state index is 8.63. The molecule has 14 heavy (non-hydrogen) atoms. The van der Waals surface area contributed by atoms with Crippen molar-refractivity contribution in [2.75, 3.05) is 0 Å². The maximum absolute atomic E-state index is 8.63. The molecule has 2 heterocycles. The van der Waals surface area contributed by atoms with Crippen LogP contribution < -0.4 is 0 Å². The van der Waals surface area contributed by atoms with Crippen LogP contribution in [0.5, 0.6) is 0 Å². The molecule has 2 aromatic rings. The molecule has 2 aromatic heterocycles. The number of hydrogen-bond donors (Lipinski definition) is 1. The second-order valence-corrected chi connectivity index (χ2v) is 3.37. The summed E-state index contributed by atoms with van der Waals surface area (Å²) in [5, 5.41) is 16.4. The molecule has 0 radical (unpaired) electrons. The van der Waals surface area contributed by atoms with Crippen LogP contribution in [0.25, 0.3) is 0 Å². The topological polar surface area (TPSA) is 78.2 Å². The first kappa shape index (κ1) is 8.72. The van der Waals surface area contributed by atoms with Crippen LogP contribution in [0.15, 0.2) is 34.7 Å². The van der Waals surface area contributed by atoms with Gasteiger partial charge in [0.15, 0.2) is 5.16 Å². The van der Waals surface area contributed by atoms with E-state index in [2.05, 4.69) is 20.2 Å². The second kappa shape index (κ2) is 3.89. The van der Waals surface area contributed by atoms with E-state index in [-0.39, 0.29) is 0 Å². The summed E-state index contributed by atoms with van der Waals surface area (Å²) >= 11 is 1.33. The minimum Gasteiger partial charge on any atom is -0.254 e. The minimum absolute atomic E-state index is 0.398. The molecule has 68 valence electrons. The van der Waals surface area contributed by atoms with Gasteiger partial charge in [0, 0.05) is 0 Å². The zero-order valence-electron chi connectivity index (χ0n) is 7.01. The normalized spacial score (nSPS) is 9.64. The van der Waals surface area contributed by atoms with Crippen LogP contribution in [0.2, 0.25) is 0 Å². The van der Waals surface area contributed by atoms with Crippen molar-refractivity contribution in [2.45, 2.75) is 10.2 Å². The van der Waals surface area contributed by atoms with E-state index in [1.54, 1.807) is 12.1 Å². The second-order valence-electron chi connectivity index (χ2n) is 2.37. The molecule has 0 amide bonds. The third-order valence-corrected chi connectivity index (χ3v) is 2.26. The van der Waals surface area contributed by atoms with Crippen LogP contribution >= 0.6 is 11.8 Å². The Labute approximate surface area is 84.2 Å². The molecule has 0 aliphatic carbocycles. The molecule has 0 saturated heterocycles. The fourth-order valence-corrected chi connectivity index (χ4v) is 1.56. The Bertz CT molecular complexity index is 459. The number of hydrogen-bond acceptors (Lipinski definition) is 5. The van der Waals surface area contributed by atoms with Crippen LogP contribution in [0.4, 0.5) is 0 Å².